The van der Waals surface area contributed by atoms with Crippen LogP contribution in [0.3, 0.4) is 0 Å². The monoisotopic (exact) mass is 511 g/mol. The lowest BCUT2D eigenvalue weighted by molar-refractivity contribution is -0.139. The molecule has 0 bridgehead atoms. The Bertz CT molecular complexity index is 1020. The number of hydrogen-bond donors (Lipinski definition) is 2. The number of carbonyl (C=O) groups is 3. The van der Waals surface area contributed by atoms with Crippen molar-refractivity contribution in [2.24, 2.45) is 11.7 Å². The van der Waals surface area contributed by atoms with Gasteiger partial charge in [0, 0.05) is 44.0 Å². The topological polar surface area (TPSA) is 108 Å². The second-order valence-electron chi connectivity index (χ2n) is 11.0. The van der Waals surface area contributed by atoms with Gasteiger partial charge < -0.3 is 30.5 Å². The number of likely N-dealkylation sites (N-methyl/N-ethyl adjacent to an activating group) is 2. The number of rotatable bonds is 7. The van der Waals surface area contributed by atoms with Gasteiger partial charge in [-0.05, 0) is 56.1 Å². The predicted octanol–water partition coefficient (Wildman–Crippen LogP) is 1.36. The largest absolute Gasteiger partial charge is 0.369 e. The van der Waals surface area contributed by atoms with Gasteiger partial charge in [-0.2, -0.15) is 0 Å². The van der Waals surface area contributed by atoms with Crippen molar-refractivity contribution in [3.05, 3.63) is 29.3 Å². The highest BCUT2D eigenvalue weighted by Gasteiger charge is 2.53. The van der Waals surface area contributed by atoms with Gasteiger partial charge in [0.25, 0.3) is 0 Å². The van der Waals surface area contributed by atoms with E-state index in [1.54, 1.807) is 11.0 Å². The zero-order chi connectivity index (χ0) is 26.1. The summed E-state index contributed by atoms with van der Waals surface area (Å²) < 4.78 is 5.79. The third-order valence-corrected chi connectivity index (χ3v) is 9.05. The number of amides is 2. The third kappa shape index (κ3) is 5.01. The number of primary amides is 1. The molecule has 9 nitrogen and oxygen atoms in total. The van der Waals surface area contributed by atoms with Gasteiger partial charge >= 0.3 is 0 Å². The molecule has 37 heavy (non-hydrogen) atoms. The van der Waals surface area contributed by atoms with Crippen LogP contribution in [0.4, 0.5) is 5.69 Å². The molecule has 1 aliphatic carbocycles. The number of benzene rings is 1. The highest BCUT2D eigenvalue weighted by Crippen LogP contribution is 2.42. The van der Waals surface area contributed by atoms with E-state index in [9.17, 15) is 14.4 Å². The molecule has 3 heterocycles. The van der Waals surface area contributed by atoms with E-state index in [2.05, 4.69) is 22.0 Å². The summed E-state index contributed by atoms with van der Waals surface area (Å²) in [6.07, 6.45) is 4.81. The number of fused-ring (bicyclic) bond motifs is 1. The maximum Gasteiger partial charge on any atom is 0.249 e. The molecule has 5 rings (SSSR count). The first kappa shape index (κ1) is 26.1. The number of nitrogens with zero attached hydrogens (tertiary/aromatic N) is 3. The van der Waals surface area contributed by atoms with Crippen LogP contribution in [-0.4, -0.2) is 98.5 Å². The summed E-state index contributed by atoms with van der Waals surface area (Å²) in [5, 5.41) is 3.23. The van der Waals surface area contributed by atoms with E-state index in [4.69, 9.17) is 10.5 Å². The molecule has 202 valence electrons. The molecule has 1 saturated carbocycles. The van der Waals surface area contributed by atoms with Crippen molar-refractivity contribution in [1.82, 2.24) is 15.1 Å². The summed E-state index contributed by atoms with van der Waals surface area (Å²) in [6, 6.07) is 5.14. The lowest BCUT2D eigenvalue weighted by atomic mass is 9.74. The smallest absolute Gasteiger partial charge is 0.249 e. The van der Waals surface area contributed by atoms with Gasteiger partial charge in [0.15, 0.2) is 5.78 Å². The van der Waals surface area contributed by atoms with Crippen LogP contribution in [-0.2, 0) is 14.3 Å². The number of likely N-dealkylation sites (tertiary alicyclic amines) is 1. The lowest BCUT2D eigenvalue weighted by Crippen LogP contribution is -2.47. The predicted molar refractivity (Wildman–Crippen MR) is 142 cm³/mol. The van der Waals surface area contributed by atoms with Crippen LogP contribution in [0.5, 0.6) is 0 Å². The fraction of sp³-hybridized carbons (Fsp3) is 0.679. The number of piperazine rings is 1. The van der Waals surface area contributed by atoms with E-state index < -0.39 is 17.9 Å². The van der Waals surface area contributed by atoms with Crippen molar-refractivity contribution in [2.75, 3.05) is 57.8 Å². The van der Waals surface area contributed by atoms with Crippen LogP contribution < -0.4 is 16.0 Å². The average Bonchev–Trinajstić information content (AvgIpc) is 3.49. The summed E-state index contributed by atoms with van der Waals surface area (Å²) in [5.41, 5.74) is 8.04. The molecule has 3 aliphatic heterocycles. The lowest BCUT2D eigenvalue weighted by Gasteiger charge is -2.37. The first-order chi connectivity index (χ1) is 17.9. The number of ketones is 1. The molecule has 4 atom stereocenters. The first-order valence-electron chi connectivity index (χ1n) is 14.0. The van der Waals surface area contributed by atoms with Crippen LogP contribution in [0.25, 0.3) is 0 Å². The van der Waals surface area contributed by atoms with Crippen LogP contribution >= 0.6 is 0 Å². The standard InChI is InChI=1S/C28H41N5O4/c1-3-31-11-13-32(14-12-31)19-9-10-20(27(29)35)21(15-19)24(18-7-5-4-6-8-18)28(36)33-16-22(30-2)26-25(33)23(34)17-37-26/h9-10,15,18,22,24-26,30H,3-8,11-14,16-17H2,1-2H3,(H2,29,35)/t22-,24-,25+,26+/m0/s1. The Kier molecular flexibility index (Phi) is 7.83. The molecular weight excluding hydrogens is 470 g/mol. The molecule has 4 aliphatic rings. The van der Waals surface area contributed by atoms with Crippen molar-refractivity contribution in [2.45, 2.75) is 63.1 Å². The molecule has 0 radical (unpaired) electrons. The number of Topliss-reactive ketones (excluding diaryl/α,β-unsaturated/α-hetero) is 1. The number of carbonyl (C=O) groups excluding carboxylic acids is 3. The average molecular weight is 512 g/mol. The molecule has 0 aromatic heterocycles. The van der Waals surface area contributed by atoms with E-state index in [1.165, 1.54) is 0 Å². The Morgan fingerprint density at radius 2 is 1.86 bits per heavy atom. The van der Waals surface area contributed by atoms with E-state index in [1.807, 2.05) is 19.2 Å². The molecule has 4 fully saturated rings. The quantitative estimate of drug-likeness (QED) is 0.569. The minimum absolute atomic E-state index is 0.0388. The van der Waals surface area contributed by atoms with Gasteiger partial charge in [-0.1, -0.05) is 26.2 Å². The molecule has 0 unspecified atom stereocenters. The molecular formula is C28H41N5O4. The second kappa shape index (κ2) is 11.1. The van der Waals surface area contributed by atoms with Crippen LogP contribution in [0, 0.1) is 5.92 Å². The minimum Gasteiger partial charge on any atom is -0.369 e. The number of hydrogen-bond acceptors (Lipinski definition) is 7. The van der Waals surface area contributed by atoms with Gasteiger partial charge in [-0.15, -0.1) is 0 Å². The highest BCUT2D eigenvalue weighted by atomic mass is 16.5. The summed E-state index contributed by atoms with van der Waals surface area (Å²) in [6.45, 7) is 7.44. The number of ether oxygens (including phenoxy) is 1. The molecule has 0 spiro atoms. The fourth-order valence-corrected chi connectivity index (χ4v) is 6.92. The summed E-state index contributed by atoms with van der Waals surface area (Å²) in [5.74, 6) is -1.04. The van der Waals surface area contributed by atoms with Gasteiger partial charge in [-0.3, -0.25) is 14.4 Å². The Labute approximate surface area is 219 Å². The van der Waals surface area contributed by atoms with E-state index in [0.29, 0.717) is 12.1 Å². The molecule has 9 heteroatoms. The summed E-state index contributed by atoms with van der Waals surface area (Å²) >= 11 is 0. The number of nitrogens with two attached hydrogens (primary N) is 1. The normalized spacial score (nSPS) is 27.9. The Morgan fingerprint density at radius 3 is 2.51 bits per heavy atom. The van der Waals surface area contributed by atoms with Crippen LogP contribution in [0.1, 0.15) is 60.9 Å². The van der Waals surface area contributed by atoms with Gasteiger partial charge in [-0.25, -0.2) is 0 Å². The Morgan fingerprint density at radius 1 is 1.14 bits per heavy atom. The second-order valence-corrected chi connectivity index (χ2v) is 11.0. The van der Waals surface area contributed by atoms with E-state index in [-0.39, 0.29) is 36.4 Å². The summed E-state index contributed by atoms with van der Waals surface area (Å²) in [4.78, 5) is 46.4. The van der Waals surface area contributed by atoms with Crippen LogP contribution in [0.2, 0.25) is 0 Å². The highest BCUT2D eigenvalue weighted by molar-refractivity contribution is 5.99. The summed E-state index contributed by atoms with van der Waals surface area (Å²) in [7, 11) is 1.84. The van der Waals surface area contributed by atoms with Crippen molar-refractivity contribution in [3.63, 3.8) is 0 Å². The third-order valence-electron chi connectivity index (χ3n) is 9.05. The van der Waals surface area contributed by atoms with Crippen molar-refractivity contribution in [3.8, 4) is 0 Å². The van der Waals surface area contributed by atoms with E-state index >= 15 is 0 Å². The first-order valence-corrected chi connectivity index (χ1v) is 14.0. The van der Waals surface area contributed by atoms with Gasteiger partial charge in [0.1, 0.15) is 18.8 Å². The molecule has 2 amide bonds. The van der Waals surface area contributed by atoms with Crippen molar-refractivity contribution >= 4 is 23.3 Å². The van der Waals surface area contributed by atoms with Crippen molar-refractivity contribution in [1.29, 1.82) is 0 Å². The molecule has 3 saturated heterocycles. The van der Waals surface area contributed by atoms with E-state index in [0.717, 1.165) is 76.1 Å². The van der Waals surface area contributed by atoms with Gasteiger partial charge in [0.05, 0.1) is 12.0 Å². The number of anilines is 1. The number of nitrogens with one attached hydrogen (secondary N) is 1. The molecule has 3 N–H and O–H groups in total. The molecule has 1 aromatic rings. The zero-order valence-corrected chi connectivity index (χ0v) is 22.2. The van der Waals surface area contributed by atoms with Crippen molar-refractivity contribution < 1.29 is 19.1 Å². The SMILES string of the molecule is CCN1CCN(c2ccc(C(N)=O)c([C@@H](C(=O)N3C[C@H](NC)[C@H]4OCC(=O)[C@H]43)C3CCCCC3)c2)CC1. The Hall–Kier alpha value is -2.49. The maximum atomic E-state index is 14.5. The van der Waals surface area contributed by atoms with Crippen LogP contribution in [0.15, 0.2) is 18.2 Å². The Balaban J connectivity index is 1.53. The zero-order valence-electron chi connectivity index (χ0n) is 22.2. The maximum absolute atomic E-state index is 14.5. The van der Waals surface area contributed by atoms with Gasteiger partial charge in [0.2, 0.25) is 11.8 Å². The molecule has 1 aromatic carbocycles. The minimum atomic E-state index is -0.571. The fourth-order valence-electron chi connectivity index (χ4n) is 6.92.